The number of fused-ring (bicyclic) bond motifs is 1. The number of likely N-dealkylation sites (tertiary alicyclic amines) is 1. The molecule has 1 aromatic heterocycles. The molecule has 0 atom stereocenters. The van der Waals surface area contributed by atoms with E-state index in [1.165, 1.54) is 29.2 Å². The van der Waals surface area contributed by atoms with Crippen molar-refractivity contribution < 1.29 is 27.2 Å². The van der Waals surface area contributed by atoms with Crippen LogP contribution in [0.1, 0.15) is 11.3 Å². The molecule has 0 saturated carbocycles. The van der Waals surface area contributed by atoms with Crippen LogP contribution < -0.4 is 11.1 Å². The number of alkyl halides is 3. The molecule has 0 unspecified atom stereocenters. The van der Waals surface area contributed by atoms with Crippen LogP contribution in [0.15, 0.2) is 43.0 Å². The van der Waals surface area contributed by atoms with Crippen molar-refractivity contribution in [3.05, 3.63) is 70.1 Å². The van der Waals surface area contributed by atoms with Crippen LogP contribution in [0.4, 0.5) is 23.2 Å². The number of nitrogens with zero attached hydrogens (tertiary/aromatic N) is 3. The summed E-state index contributed by atoms with van der Waals surface area (Å²) in [6.45, 7) is 2.63. The Morgan fingerprint density at radius 1 is 1.23 bits per heavy atom. The summed E-state index contributed by atoms with van der Waals surface area (Å²) in [5.74, 6) is -2.06. The number of hydrogen-bond donors (Lipinski definition) is 2. The van der Waals surface area contributed by atoms with E-state index in [-0.39, 0.29) is 45.3 Å². The molecule has 1 saturated heterocycles. The lowest BCUT2D eigenvalue weighted by Gasteiger charge is -2.51. The van der Waals surface area contributed by atoms with E-state index in [0.29, 0.717) is 4.68 Å². The van der Waals surface area contributed by atoms with E-state index in [9.17, 15) is 27.2 Å². The third-order valence-corrected chi connectivity index (χ3v) is 6.43. The van der Waals surface area contributed by atoms with E-state index >= 15 is 0 Å². The lowest BCUT2D eigenvalue weighted by molar-refractivity contribution is -0.143. The molecule has 2 heterocycles. The van der Waals surface area contributed by atoms with Crippen LogP contribution in [0.3, 0.4) is 0 Å². The summed E-state index contributed by atoms with van der Waals surface area (Å²) in [5.41, 5.74) is 2.93. The standard InChI is InChI=1S/C22H17Cl2F4N5O2/c1-2-17(35)32-9-21(10-32,18-14(25)6-5-13(23)19(18)24)30-11-3-4-12-15(7-11)31-33(8-16(29)34)20(12)22(26,27)28/h2-7,30H,1,8-10H2,(H2,29,34). The number of hydrogen-bond acceptors (Lipinski definition) is 4. The number of benzene rings is 2. The Labute approximate surface area is 206 Å². The zero-order valence-electron chi connectivity index (χ0n) is 17.8. The number of anilines is 1. The highest BCUT2D eigenvalue weighted by atomic mass is 35.5. The van der Waals surface area contributed by atoms with Crippen molar-refractivity contribution >= 4 is 51.6 Å². The summed E-state index contributed by atoms with van der Waals surface area (Å²) in [7, 11) is 0. The molecule has 7 nitrogen and oxygen atoms in total. The third kappa shape index (κ3) is 4.41. The fraction of sp³-hybridized carbons (Fsp3) is 0.227. The molecule has 1 aliphatic heterocycles. The summed E-state index contributed by atoms with van der Waals surface area (Å²) in [6.07, 6.45) is -3.69. The fourth-order valence-corrected chi connectivity index (χ4v) is 4.70. The Morgan fingerprint density at radius 3 is 2.51 bits per heavy atom. The monoisotopic (exact) mass is 529 g/mol. The summed E-state index contributed by atoms with van der Waals surface area (Å²) in [5, 5.41) is 6.77. The lowest BCUT2D eigenvalue weighted by Crippen LogP contribution is -2.65. The molecule has 1 aliphatic rings. The maximum Gasteiger partial charge on any atom is 0.433 e. The fourth-order valence-electron chi connectivity index (χ4n) is 4.20. The van der Waals surface area contributed by atoms with E-state index in [0.717, 1.165) is 12.1 Å². The van der Waals surface area contributed by atoms with E-state index < -0.39 is 41.6 Å². The molecule has 2 aromatic carbocycles. The summed E-state index contributed by atoms with van der Waals surface area (Å²) in [4.78, 5) is 24.7. The highest BCUT2D eigenvalue weighted by Crippen LogP contribution is 2.44. The third-order valence-electron chi connectivity index (χ3n) is 5.63. The Morgan fingerprint density at radius 2 is 1.91 bits per heavy atom. The molecule has 0 aliphatic carbocycles. The van der Waals surface area contributed by atoms with Crippen molar-refractivity contribution in [2.75, 3.05) is 18.4 Å². The van der Waals surface area contributed by atoms with Crippen molar-refractivity contribution in [3.63, 3.8) is 0 Å². The SMILES string of the molecule is C=CC(=O)N1CC(Nc2ccc3c(C(F)(F)F)n(CC(N)=O)nc3c2)(c2c(F)ccc(Cl)c2Cl)C1. The summed E-state index contributed by atoms with van der Waals surface area (Å²) in [6, 6.07) is 6.27. The van der Waals surface area contributed by atoms with E-state index in [1.807, 2.05) is 0 Å². The van der Waals surface area contributed by atoms with Crippen LogP contribution in [0, 0.1) is 5.82 Å². The molecule has 4 rings (SSSR count). The van der Waals surface area contributed by atoms with E-state index in [1.54, 1.807) is 0 Å². The van der Waals surface area contributed by atoms with Crippen LogP contribution in [-0.2, 0) is 27.8 Å². The molecule has 13 heteroatoms. The van der Waals surface area contributed by atoms with Crippen LogP contribution in [0.25, 0.3) is 10.9 Å². The van der Waals surface area contributed by atoms with Gasteiger partial charge in [-0.1, -0.05) is 29.8 Å². The van der Waals surface area contributed by atoms with Gasteiger partial charge in [-0.15, -0.1) is 0 Å². The molecule has 2 amide bonds. The average Bonchev–Trinajstić information content (AvgIpc) is 3.10. The topological polar surface area (TPSA) is 93.3 Å². The molecular formula is C22H17Cl2F4N5O2. The number of nitrogens with two attached hydrogens (primary N) is 1. The molecule has 0 spiro atoms. The first kappa shape index (κ1) is 24.8. The second-order valence-electron chi connectivity index (χ2n) is 8.03. The highest BCUT2D eigenvalue weighted by molar-refractivity contribution is 6.42. The summed E-state index contributed by atoms with van der Waals surface area (Å²) < 4.78 is 56.4. The van der Waals surface area contributed by atoms with Crippen LogP contribution in [0.2, 0.25) is 10.0 Å². The Kier molecular flexibility index (Phi) is 6.18. The minimum absolute atomic E-state index is 0.00936. The van der Waals surface area contributed by atoms with Gasteiger partial charge in [-0.3, -0.25) is 9.59 Å². The van der Waals surface area contributed by atoms with Gasteiger partial charge >= 0.3 is 6.18 Å². The van der Waals surface area contributed by atoms with Gasteiger partial charge in [-0.25, -0.2) is 9.07 Å². The van der Waals surface area contributed by atoms with Crippen molar-refractivity contribution in [2.45, 2.75) is 18.3 Å². The number of halogens is 6. The van der Waals surface area contributed by atoms with Crippen molar-refractivity contribution in [3.8, 4) is 0 Å². The number of amides is 2. The zero-order chi connectivity index (χ0) is 25.7. The maximum absolute atomic E-state index is 14.9. The first-order valence-corrected chi connectivity index (χ1v) is 10.8. The molecule has 3 N–H and O–H groups in total. The molecule has 35 heavy (non-hydrogen) atoms. The van der Waals surface area contributed by atoms with Gasteiger partial charge in [-0.2, -0.15) is 18.3 Å². The van der Waals surface area contributed by atoms with Gasteiger partial charge in [0.15, 0.2) is 5.69 Å². The molecule has 1 fully saturated rings. The zero-order valence-corrected chi connectivity index (χ0v) is 19.3. The van der Waals surface area contributed by atoms with Gasteiger partial charge in [0.25, 0.3) is 0 Å². The first-order chi connectivity index (χ1) is 16.4. The van der Waals surface area contributed by atoms with Gasteiger partial charge in [0.05, 0.1) is 28.7 Å². The molecule has 3 aromatic rings. The number of aromatic nitrogens is 2. The van der Waals surface area contributed by atoms with Gasteiger partial charge in [0.1, 0.15) is 17.9 Å². The van der Waals surface area contributed by atoms with Gasteiger partial charge < -0.3 is 16.0 Å². The number of nitrogens with one attached hydrogen (secondary N) is 1. The highest BCUT2D eigenvalue weighted by Gasteiger charge is 2.49. The first-order valence-electron chi connectivity index (χ1n) is 10.1. The quantitative estimate of drug-likeness (QED) is 0.282. The Bertz CT molecular complexity index is 1370. The van der Waals surface area contributed by atoms with Gasteiger partial charge in [0.2, 0.25) is 11.8 Å². The minimum atomic E-state index is -4.79. The average molecular weight is 530 g/mol. The molecule has 0 radical (unpaired) electrons. The molecule has 184 valence electrons. The predicted molar refractivity (Wildman–Crippen MR) is 122 cm³/mol. The minimum Gasteiger partial charge on any atom is -0.372 e. The van der Waals surface area contributed by atoms with Gasteiger partial charge in [0, 0.05) is 16.6 Å². The van der Waals surface area contributed by atoms with Gasteiger partial charge in [-0.05, 0) is 36.4 Å². The van der Waals surface area contributed by atoms with Crippen molar-refractivity contribution in [1.29, 1.82) is 0 Å². The van der Waals surface area contributed by atoms with Crippen LogP contribution in [-0.4, -0.2) is 39.6 Å². The maximum atomic E-state index is 14.9. The normalized spacial score (nSPS) is 15.1. The molecule has 0 bridgehead atoms. The molecular weight excluding hydrogens is 513 g/mol. The second-order valence-corrected chi connectivity index (χ2v) is 8.81. The Hall–Kier alpha value is -3.31. The number of rotatable bonds is 6. The number of carbonyl (C=O) groups excluding carboxylic acids is 2. The Balaban J connectivity index is 1.79. The lowest BCUT2D eigenvalue weighted by atomic mass is 9.81. The van der Waals surface area contributed by atoms with Crippen molar-refractivity contribution in [2.24, 2.45) is 5.73 Å². The number of carbonyl (C=O) groups is 2. The predicted octanol–water partition coefficient (Wildman–Crippen LogP) is 4.32. The second kappa shape index (κ2) is 8.72. The van der Waals surface area contributed by atoms with E-state index in [4.69, 9.17) is 28.9 Å². The van der Waals surface area contributed by atoms with E-state index in [2.05, 4.69) is 17.0 Å². The van der Waals surface area contributed by atoms with Crippen molar-refractivity contribution in [1.82, 2.24) is 14.7 Å². The van der Waals surface area contributed by atoms with Crippen LogP contribution >= 0.6 is 23.2 Å². The smallest absolute Gasteiger partial charge is 0.372 e. The number of primary amides is 1. The summed E-state index contributed by atoms with van der Waals surface area (Å²) >= 11 is 12.4. The van der Waals surface area contributed by atoms with Crippen LogP contribution in [0.5, 0.6) is 0 Å². The largest absolute Gasteiger partial charge is 0.433 e.